The number of rotatable bonds is 7. The summed E-state index contributed by atoms with van der Waals surface area (Å²) in [5.74, 6) is -0.542. The highest BCUT2D eigenvalue weighted by Crippen LogP contribution is 2.45. The van der Waals surface area contributed by atoms with Gasteiger partial charge in [0, 0.05) is 25.6 Å². The second kappa shape index (κ2) is 7.83. The molecule has 1 saturated heterocycles. The number of methoxy groups -OCH3 is 3. The van der Waals surface area contributed by atoms with Crippen molar-refractivity contribution in [2.75, 3.05) is 34.5 Å². The van der Waals surface area contributed by atoms with Gasteiger partial charge in [0.25, 0.3) is 0 Å². The van der Waals surface area contributed by atoms with Crippen LogP contribution in [0.4, 0.5) is 0 Å². The predicted molar refractivity (Wildman–Crippen MR) is 92.5 cm³/mol. The Morgan fingerprint density at radius 2 is 2.04 bits per heavy atom. The molecule has 1 aromatic rings. The number of ether oxygens (including phenoxy) is 4. The van der Waals surface area contributed by atoms with E-state index in [9.17, 15) is 14.4 Å². The fourth-order valence-electron chi connectivity index (χ4n) is 3.44. The summed E-state index contributed by atoms with van der Waals surface area (Å²) in [6.07, 6.45) is -0.409. The van der Waals surface area contributed by atoms with Crippen LogP contribution in [0.3, 0.4) is 0 Å². The summed E-state index contributed by atoms with van der Waals surface area (Å²) in [4.78, 5) is 38.8. The quantitative estimate of drug-likeness (QED) is 0.548. The van der Waals surface area contributed by atoms with Crippen LogP contribution in [0.15, 0.2) is 12.1 Å². The molecule has 2 aliphatic rings. The molecule has 0 aromatic heterocycles. The maximum atomic E-state index is 12.5. The minimum Gasteiger partial charge on any atom is -0.493 e. The first-order valence-corrected chi connectivity index (χ1v) is 8.57. The number of carbonyl (C=O) groups is 3. The summed E-state index contributed by atoms with van der Waals surface area (Å²) < 4.78 is 20.9. The average molecular weight is 378 g/mol. The Morgan fingerprint density at radius 1 is 1.26 bits per heavy atom. The van der Waals surface area contributed by atoms with Gasteiger partial charge >= 0.3 is 5.97 Å². The molecule has 1 fully saturated rings. The van der Waals surface area contributed by atoms with Gasteiger partial charge in [-0.25, -0.2) is 4.79 Å². The number of hydrogen-bond donors (Lipinski definition) is 1. The first-order valence-electron chi connectivity index (χ1n) is 8.57. The van der Waals surface area contributed by atoms with Gasteiger partial charge in [-0.3, -0.25) is 14.5 Å². The SMILES string of the molecule is COCCNC(=O)C1CCC(=O)N1C1OC(=O)c2c1ccc(OC)c2OC. The molecule has 1 N–H and O–H groups in total. The summed E-state index contributed by atoms with van der Waals surface area (Å²) in [6, 6.07) is 2.57. The lowest BCUT2D eigenvalue weighted by atomic mass is 10.1. The van der Waals surface area contributed by atoms with Gasteiger partial charge in [-0.1, -0.05) is 0 Å². The van der Waals surface area contributed by atoms with Crippen LogP contribution < -0.4 is 14.8 Å². The third kappa shape index (κ3) is 3.30. The van der Waals surface area contributed by atoms with Crippen molar-refractivity contribution in [2.45, 2.75) is 25.1 Å². The normalized spacial score (nSPS) is 21.1. The summed E-state index contributed by atoms with van der Waals surface area (Å²) >= 11 is 0. The van der Waals surface area contributed by atoms with Gasteiger partial charge in [-0.15, -0.1) is 0 Å². The number of fused-ring (bicyclic) bond motifs is 1. The van der Waals surface area contributed by atoms with Gasteiger partial charge in [-0.05, 0) is 18.6 Å². The Morgan fingerprint density at radius 3 is 2.70 bits per heavy atom. The molecule has 2 amide bonds. The van der Waals surface area contributed by atoms with Crippen LogP contribution in [0, 0.1) is 0 Å². The summed E-state index contributed by atoms with van der Waals surface area (Å²) in [7, 11) is 4.42. The van der Waals surface area contributed by atoms with Crippen LogP contribution >= 0.6 is 0 Å². The van der Waals surface area contributed by atoms with Crippen LogP contribution in [0.2, 0.25) is 0 Å². The molecular weight excluding hydrogens is 356 g/mol. The van der Waals surface area contributed by atoms with Gasteiger partial charge in [0.05, 0.1) is 20.8 Å². The van der Waals surface area contributed by atoms with Crippen LogP contribution in [0.1, 0.15) is 35.0 Å². The highest BCUT2D eigenvalue weighted by molar-refractivity contribution is 5.99. The number of esters is 1. The maximum absolute atomic E-state index is 12.5. The first kappa shape index (κ1) is 19.0. The lowest BCUT2D eigenvalue weighted by molar-refractivity contribution is -0.145. The van der Waals surface area contributed by atoms with Crippen LogP contribution in [0.25, 0.3) is 0 Å². The minimum atomic E-state index is -0.972. The fraction of sp³-hybridized carbons (Fsp3) is 0.500. The molecule has 0 radical (unpaired) electrons. The molecule has 27 heavy (non-hydrogen) atoms. The van der Waals surface area contributed by atoms with Crippen molar-refractivity contribution >= 4 is 17.8 Å². The molecule has 2 unspecified atom stereocenters. The molecule has 0 saturated carbocycles. The maximum Gasteiger partial charge on any atom is 0.344 e. The number of likely N-dealkylation sites (tertiary alicyclic amines) is 1. The summed E-state index contributed by atoms with van der Waals surface area (Å²) in [6.45, 7) is 0.699. The van der Waals surface area contributed by atoms with Crippen LogP contribution in [-0.2, 0) is 19.1 Å². The first-order chi connectivity index (χ1) is 13.0. The molecule has 2 aliphatic heterocycles. The van der Waals surface area contributed by atoms with E-state index < -0.39 is 18.2 Å². The zero-order chi connectivity index (χ0) is 19.6. The second-order valence-corrected chi connectivity index (χ2v) is 6.16. The Balaban J connectivity index is 1.91. The van der Waals surface area contributed by atoms with Crippen molar-refractivity contribution in [3.63, 3.8) is 0 Å². The van der Waals surface area contributed by atoms with E-state index in [1.807, 2.05) is 0 Å². The van der Waals surface area contributed by atoms with Crippen molar-refractivity contribution in [1.82, 2.24) is 10.2 Å². The van der Waals surface area contributed by atoms with Crippen molar-refractivity contribution in [3.05, 3.63) is 23.3 Å². The van der Waals surface area contributed by atoms with E-state index in [4.69, 9.17) is 18.9 Å². The largest absolute Gasteiger partial charge is 0.493 e. The van der Waals surface area contributed by atoms with E-state index in [1.54, 1.807) is 12.1 Å². The third-order valence-corrected chi connectivity index (χ3v) is 4.68. The third-order valence-electron chi connectivity index (χ3n) is 4.68. The Hall–Kier alpha value is -2.81. The number of nitrogens with one attached hydrogen (secondary N) is 1. The van der Waals surface area contributed by atoms with Crippen LogP contribution in [-0.4, -0.2) is 63.2 Å². The molecule has 2 heterocycles. The molecule has 3 rings (SSSR count). The van der Waals surface area contributed by atoms with Crippen molar-refractivity contribution in [3.8, 4) is 11.5 Å². The van der Waals surface area contributed by atoms with E-state index in [1.165, 1.54) is 26.2 Å². The molecule has 9 nitrogen and oxygen atoms in total. The predicted octanol–water partition coefficient (Wildman–Crippen LogP) is 0.626. The van der Waals surface area contributed by atoms with Crippen molar-refractivity contribution in [1.29, 1.82) is 0 Å². The molecule has 9 heteroatoms. The molecule has 0 aliphatic carbocycles. The topological polar surface area (TPSA) is 103 Å². The molecule has 146 valence electrons. The van der Waals surface area contributed by atoms with Gasteiger partial charge in [0.15, 0.2) is 11.5 Å². The number of hydrogen-bond acceptors (Lipinski definition) is 7. The monoisotopic (exact) mass is 378 g/mol. The zero-order valence-electron chi connectivity index (χ0n) is 15.4. The Labute approximate surface area is 156 Å². The van der Waals surface area contributed by atoms with Gasteiger partial charge in [0.2, 0.25) is 18.0 Å². The van der Waals surface area contributed by atoms with Gasteiger partial charge < -0.3 is 24.3 Å². The molecule has 0 spiro atoms. The summed E-state index contributed by atoms with van der Waals surface area (Å²) in [5, 5.41) is 2.73. The van der Waals surface area contributed by atoms with Gasteiger partial charge in [-0.2, -0.15) is 0 Å². The van der Waals surface area contributed by atoms with Gasteiger partial charge in [0.1, 0.15) is 11.6 Å². The Bertz CT molecular complexity index is 764. The second-order valence-electron chi connectivity index (χ2n) is 6.16. The number of benzene rings is 1. The van der Waals surface area contributed by atoms with E-state index in [2.05, 4.69) is 5.32 Å². The Kier molecular flexibility index (Phi) is 5.50. The van der Waals surface area contributed by atoms with E-state index in [-0.39, 0.29) is 29.5 Å². The highest BCUT2D eigenvalue weighted by atomic mass is 16.6. The lowest BCUT2D eigenvalue weighted by Crippen LogP contribution is -2.47. The van der Waals surface area contributed by atoms with Crippen LogP contribution in [0.5, 0.6) is 11.5 Å². The van der Waals surface area contributed by atoms with Crippen molar-refractivity contribution in [2.24, 2.45) is 0 Å². The number of amides is 2. The minimum absolute atomic E-state index is 0.207. The highest BCUT2D eigenvalue weighted by Gasteiger charge is 2.47. The standard InChI is InChI=1S/C18H22N2O7/c1-24-9-8-19-16(22)11-5-7-13(21)20(11)17-10-4-6-12(25-2)15(26-3)14(10)18(23)27-17/h4,6,11,17H,5,7-9H2,1-3H3,(H,19,22). The molecule has 1 aromatic carbocycles. The number of carbonyl (C=O) groups excluding carboxylic acids is 3. The van der Waals surface area contributed by atoms with E-state index >= 15 is 0 Å². The van der Waals surface area contributed by atoms with E-state index in [0.29, 0.717) is 30.9 Å². The van der Waals surface area contributed by atoms with E-state index in [0.717, 1.165) is 0 Å². The number of cyclic esters (lactones) is 1. The zero-order valence-corrected chi connectivity index (χ0v) is 15.4. The fourth-order valence-corrected chi connectivity index (χ4v) is 3.44. The smallest absolute Gasteiger partial charge is 0.344 e. The lowest BCUT2D eigenvalue weighted by Gasteiger charge is -2.29. The number of nitrogens with zero attached hydrogens (tertiary/aromatic N) is 1. The molecule has 0 bridgehead atoms. The molecular formula is C18H22N2O7. The van der Waals surface area contributed by atoms with Crippen molar-refractivity contribution < 1.29 is 33.3 Å². The average Bonchev–Trinajstić information content (AvgIpc) is 3.21. The molecule has 2 atom stereocenters. The summed E-state index contributed by atoms with van der Waals surface area (Å²) in [5.41, 5.74) is 0.683.